The van der Waals surface area contributed by atoms with Crippen LogP contribution in [0.15, 0.2) is 48.5 Å². The fraction of sp³-hybridized carbons (Fsp3) is 0.480. The number of hydrogen-bond donors (Lipinski definition) is 1. The minimum absolute atomic E-state index is 0.113. The van der Waals surface area contributed by atoms with Gasteiger partial charge in [0.2, 0.25) is 0 Å². The van der Waals surface area contributed by atoms with E-state index in [1.54, 1.807) is 6.07 Å². The first-order chi connectivity index (χ1) is 14.8. The number of likely N-dealkylation sites (tertiary alicyclic amines) is 1. The smallest absolute Gasteiger partial charge is 0.410 e. The van der Waals surface area contributed by atoms with Gasteiger partial charge >= 0.3 is 6.09 Å². The van der Waals surface area contributed by atoms with Crippen LogP contribution in [0.1, 0.15) is 52.0 Å². The maximum atomic E-state index is 12.6. The topological polar surface area (TPSA) is 74.0 Å². The highest BCUT2D eigenvalue weighted by Crippen LogP contribution is 2.29. The maximum absolute atomic E-state index is 12.6. The van der Waals surface area contributed by atoms with Gasteiger partial charge in [-0.05, 0) is 57.7 Å². The summed E-state index contributed by atoms with van der Waals surface area (Å²) in [7, 11) is 0. The third-order valence-electron chi connectivity index (χ3n) is 5.20. The fourth-order valence-electron chi connectivity index (χ4n) is 3.64. The number of benzene rings is 2. The Kier molecular flexibility index (Phi) is 7.66. The van der Waals surface area contributed by atoms with Gasteiger partial charge in [0.25, 0.3) is 0 Å². The summed E-state index contributed by atoms with van der Waals surface area (Å²) in [5, 5.41) is 0. The van der Waals surface area contributed by atoms with E-state index in [-0.39, 0.29) is 12.1 Å². The van der Waals surface area contributed by atoms with E-state index < -0.39 is 5.60 Å². The summed E-state index contributed by atoms with van der Waals surface area (Å²) in [4.78, 5) is 14.4. The van der Waals surface area contributed by atoms with E-state index in [9.17, 15) is 4.79 Å². The van der Waals surface area contributed by atoms with Gasteiger partial charge in [-0.1, -0.05) is 30.3 Å². The average molecular weight is 427 g/mol. The lowest BCUT2D eigenvalue weighted by molar-refractivity contribution is 0.00744. The molecule has 3 rings (SSSR count). The Labute approximate surface area is 185 Å². The molecular formula is C25H34N2O4. The average Bonchev–Trinajstić information content (AvgIpc) is 2.74. The van der Waals surface area contributed by atoms with Crippen LogP contribution in [0.5, 0.6) is 11.5 Å². The highest BCUT2D eigenvalue weighted by atomic mass is 16.6. The number of ether oxygens (including phenoxy) is 3. The van der Waals surface area contributed by atoms with Gasteiger partial charge in [0.05, 0.1) is 12.3 Å². The Hall–Kier alpha value is -2.89. The Morgan fingerprint density at radius 2 is 1.87 bits per heavy atom. The van der Waals surface area contributed by atoms with Crippen LogP contribution in [-0.4, -0.2) is 35.8 Å². The molecule has 2 N–H and O–H groups in total. The second kappa shape index (κ2) is 10.4. The summed E-state index contributed by atoms with van der Waals surface area (Å²) >= 11 is 0. The number of carbonyl (C=O) groups is 1. The van der Waals surface area contributed by atoms with Crippen LogP contribution in [0.3, 0.4) is 0 Å². The van der Waals surface area contributed by atoms with Gasteiger partial charge < -0.3 is 24.8 Å². The molecule has 6 heteroatoms. The third kappa shape index (κ3) is 7.09. The molecule has 1 atom stereocenters. The van der Waals surface area contributed by atoms with E-state index in [1.165, 1.54) is 0 Å². The molecule has 6 nitrogen and oxygen atoms in total. The zero-order valence-corrected chi connectivity index (χ0v) is 18.8. The van der Waals surface area contributed by atoms with E-state index in [1.807, 2.05) is 68.1 Å². The third-order valence-corrected chi connectivity index (χ3v) is 5.20. The fourth-order valence-corrected chi connectivity index (χ4v) is 3.64. The molecule has 1 amide bonds. The molecule has 2 aromatic carbocycles. The number of amides is 1. The van der Waals surface area contributed by atoms with Gasteiger partial charge in [0.1, 0.15) is 23.7 Å². The Balaban J connectivity index is 1.54. The zero-order chi connectivity index (χ0) is 22.3. The summed E-state index contributed by atoms with van der Waals surface area (Å²) in [6, 6.07) is 15.6. The van der Waals surface area contributed by atoms with Crippen LogP contribution >= 0.6 is 0 Å². The van der Waals surface area contributed by atoms with Crippen LogP contribution in [0, 0.1) is 0 Å². The Morgan fingerprint density at radius 1 is 1.10 bits per heavy atom. The molecule has 1 saturated heterocycles. The molecule has 0 bridgehead atoms. The highest BCUT2D eigenvalue weighted by molar-refractivity contribution is 5.68. The molecule has 1 unspecified atom stereocenters. The first kappa shape index (κ1) is 22.8. The van der Waals surface area contributed by atoms with Gasteiger partial charge in [-0.3, -0.25) is 0 Å². The maximum Gasteiger partial charge on any atom is 0.410 e. The molecule has 1 aliphatic heterocycles. The van der Waals surface area contributed by atoms with E-state index in [0.29, 0.717) is 30.4 Å². The largest absolute Gasteiger partial charge is 0.491 e. The van der Waals surface area contributed by atoms with Crippen molar-refractivity contribution in [3.63, 3.8) is 0 Å². The number of piperidine rings is 1. The van der Waals surface area contributed by atoms with E-state index in [2.05, 4.69) is 0 Å². The second-order valence-corrected chi connectivity index (χ2v) is 8.93. The van der Waals surface area contributed by atoms with Gasteiger partial charge in [-0.2, -0.15) is 0 Å². The molecule has 1 aliphatic rings. The van der Waals surface area contributed by atoms with Crippen molar-refractivity contribution >= 4 is 11.8 Å². The molecule has 0 aliphatic carbocycles. The number of rotatable bonds is 7. The van der Waals surface area contributed by atoms with Gasteiger partial charge in [0.15, 0.2) is 0 Å². The number of carbonyl (C=O) groups excluding carboxylic acids is 1. The molecule has 0 spiro atoms. The van der Waals surface area contributed by atoms with Crippen LogP contribution in [0.2, 0.25) is 0 Å². The Morgan fingerprint density at radius 3 is 2.61 bits per heavy atom. The minimum Gasteiger partial charge on any atom is -0.491 e. The molecule has 0 radical (unpaired) electrons. The molecular weight excluding hydrogens is 392 g/mol. The number of nitrogens with two attached hydrogens (primary N) is 1. The van der Waals surface area contributed by atoms with E-state index in [0.717, 1.165) is 37.8 Å². The van der Waals surface area contributed by atoms with E-state index in [4.69, 9.17) is 19.9 Å². The van der Waals surface area contributed by atoms with Gasteiger partial charge in [0, 0.05) is 25.1 Å². The lowest BCUT2D eigenvalue weighted by Gasteiger charge is -2.36. The van der Waals surface area contributed by atoms with Gasteiger partial charge in [-0.25, -0.2) is 4.79 Å². The standard InChI is InChI=1S/C25H34N2O4/c1-25(2,3)31-24(28)27-15-8-7-11-20(27)14-16-29-23-17-21(12-13-22(23)26)30-18-19-9-5-4-6-10-19/h4-6,9-10,12-13,17,20H,7-8,11,14-16,18,26H2,1-3H3. The molecule has 0 aromatic heterocycles. The summed E-state index contributed by atoms with van der Waals surface area (Å²) < 4.78 is 17.4. The number of anilines is 1. The molecule has 168 valence electrons. The van der Waals surface area contributed by atoms with Crippen molar-refractivity contribution in [2.75, 3.05) is 18.9 Å². The number of nitrogens with zero attached hydrogens (tertiary/aromatic N) is 1. The summed E-state index contributed by atoms with van der Waals surface area (Å²) in [6.45, 7) is 7.35. The second-order valence-electron chi connectivity index (χ2n) is 8.93. The van der Waals surface area contributed by atoms with Crippen molar-refractivity contribution in [2.45, 2.75) is 64.7 Å². The minimum atomic E-state index is -0.496. The van der Waals surface area contributed by atoms with Crippen molar-refractivity contribution in [2.24, 2.45) is 0 Å². The summed E-state index contributed by atoms with van der Waals surface area (Å²) in [5.74, 6) is 1.31. The van der Waals surface area contributed by atoms with E-state index >= 15 is 0 Å². The number of nitrogen functional groups attached to an aromatic ring is 1. The van der Waals surface area contributed by atoms with Crippen LogP contribution in [0.25, 0.3) is 0 Å². The van der Waals surface area contributed by atoms with Crippen molar-refractivity contribution in [3.8, 4) is 11.5 Å². The SMILES string of the molecule is CC(C)(C)OC(=O)N1CCCCC1CCOc1cc(OCc2ccccc2)ccc1N. The molecule has 0 saturated carbocycles. The van der Waals surface area contributed by atoms with Crippen LogP contribution in [0.4, 0.5) is 10.5 Å². The zero-order valence-electron chi connectivity index (χ0n) is 18.8. The van der Waals surface area contributed by atoms with Gasteiger partial charge in [-0.15, -0.1) is 0 Å². The quantitative estimate of drug-likeness (QED) is 0.600. The number of hydrogen-bond acceptors (Lipinski definition) is 5. The highest BCUT2D eigenvalue weighted by Gasteiger charge is 2.30. The molecule has 2 aromatic rings. The van der Waals surface area contributed by atoms with Crippen molar-refractivity contribution in [1.29, 1.82) is 0 Å². The van der Waals surface area contributed by atoms with Crippen LogP contribution < -0.4 is 15.2 Å². The summed E-state index contributed by atoms with van der Waals surface area (Å²) in [5.41, 5.74) is 7.27. The Bertz CT molecular complexity index is 848. The monoisotopic (exact) mass is 426 g/mol. The first-order valence-corrected chi connectivity index (χ1v) is 11.0. The lowest BCUT2D eigenvalue weighted by atomic mass is 10.0. The molecule has 1 fully saturated rings. The first-order valence-electron chi connectivity index (χ1n) is 11.0. The predicted octanol–water partition coefficient (Wildman–Crippen LogP) is 5.41. The van der Waals surface area contributed by atoms with Crippen molar-refractivity contribution < 1.29 is 19.0 Å². The van der Waals surface area contributed by atoms with Crippen LogP contribution in [-0.2, 0) is 11.3 Å². The predicted molar refractivity (Wildman–Crippen MR) is 122 cm³/mol. The lowest BCUT2D eigenvalue weighted by Crippen LogP contribution is -2.46. The summed E-state index contributed by atoms with van der Waals surface area (Å²) in [6.07, 6.45) is 3.55. The molecule has 31 heavy (non-hydrogen) atoms. The van der Waals surface area contributed by atoms with Crippen molar-refractivity contribution in [3.05, 3.63) is 54.1 Å². The normalized spacial score (nSPS) is 16.6. The van der Waals surface area contributed by atoms with Crippen molar-refractivity contribution in [1.82, 2.24) is 4.90 Å². The molecule has 1 heterocycles.